The Morgan fingerprint density at radius 3 is 2.62 bits per heavy atom. The van der Waals surface area contributed by atoms with Crippen LogP contribution in [0, 0.1) is 23.1 Å². The summed E-state index contributed by atoms with van der Waals surface area (Å²) in [7, 11) is 0. The molecule has 0 amide bonds. The largest absolute Gasteiger partial charge is 0.389 e. The lowest BCUT2D eigenvalue weighted by Crippen LogP contribution is -2.32. The van der Waals surface area contributed by atoms with Gasteiger partial charge in [0.25, 0.3) is 0 Å². The van der Waals surface area contributed by atoms with E-state index in [9.17, 15) is 9.50 Å². The minimum Gasteiger partial charge on any atom is -0.389 e. The molecule has 0 spiro atoms. The summed E-state index contributed by atoms with van der Waals surface area (Å²) in [5.41, 5.74) is 0.773. The molecule has 5 heteroatoms. The first kappa shape index (κ1) is 17.6. The summed E-state index contributed by atoms with van der Waals surface area (Å²) in [4.78, 5) is 0. The lowest BCUT2D eigenvalue weighted by molar-refractivity contribution is 0.0251. The van der Waals surface area contributed by atoms with Gasteiger partial charge in [-0.15, -0.1) is 0 Å². The minimum absolute atomic E-state index is 0.252. The Balaban J connectivity index is 2.43. The molecule has 21 heavy (non-hydrogen) atoms. The first-order valence-corrected chi connectivity index (χ1v) is 7.12. The minimum atomic E-state index is -0.632. The Labute approximate surface area is 125 Å². The molecule has 1 aromatic carbocycles. The second-order valence-electron chi connectivity index (χ2n) is 5.56. The fraction of sp³-hybridized carbons (Fsp3) is 0.562. The summed E-state index contributed by atoms with van der Waals surface area (Å²) in [5, 5.41) is 21.6. The third-order valence-electron chi connectivity index (χ3n) is 3.02. The summed E-state index contributed by atoms with van der Waals surface area (Å²) in [5.74, 6) is 0.0106. The molecular formula is C16H23FN2O2. The van der Waals surface area contributed by atoms with E-state index in [1.165, 1.54) is 6.07 Å². The molecule has 4 nitrogen and oxygen atoms in total. The Kier molecular flexibility index (Phi) is 7.30. The number of nitrogens with zero attached hydrogens (tertiary/aromatic N) is 1. The molecule has 2 unspecified atom stereocenters. The van der Waals surface area contributed by atoms with Crippen LogP contribution in [0.2, 0.25) is 0 Å². The number of halogens is 1. The number of nitriles is 1. The number of hydrogen-bond donors (Lipinski definition) is 2. The van der Waals surface area contributed by atoms with Crippen LogP contribution < -0.4 is 5.32 Å². The normalized spacial score (nSPS) is 14.0. The smallest absolute Gasteiger partial charge is 0.129 e. The first-order chi connectivity index (χ1) is 9.93. The van der Waals surface area contributed by atoms with Crippen LogP contribution in [0.4, 0.5) is 4.39 Å². The van der Waals surface area contributed by atoms with Crippen molar-refractivity contribution in [1.29, 1.82) is 5.26 Å². The molecule has 1 aromatic rings. The maximum absolute atomic E-state index is 13.8. The number of aliphatic hydroxyl groups excluding tert-OH is 1. The number of ether oxygens (including phenoxy) is 1. The highest BCUT2D eigenvalue weighted by Gasteiger charge is 2.13. The molecule has 116 valence electrons. The highest BCUT2D eigenvalue weighted by molar-refractivity contribution is 5.34. The van der Waals surface area contributed by atoms with Crippen molar-refractivity contribution in [2.24, 2.45) is 5.92 Å². The molecule has 0 saturated carbocycles. The number of nitrogens with one attached hydrogen (secondary N) is 1. The highest BCUT2D eigenvalue weighted by Crippen LogP contribution is 2.17. The molecule has 0 fully saturated rings. The Bertz CT molecular complexity index is 486. The van der Waals surface area contributed by atoms with E-state index in [0.717, 1.165) is 0 Å². The molecule has 1 rings (SSSR count). The quantitative estimate of drug-likeness (QED) is 0.772. The number of hydrogen-bond acceptors (Lipinski definition) is 4. The average molecular weight is 294 g/mol. The van der Waals surface area contributed by atoms with Crippen LogP contribution in [0.15, 0.2) is 18.2 Å². The predicted molar refractivity (Wildman–Crippen MR) is 79.2 cm³/mol. The van der Waals surface area contributed by atoms with E-state index >= 15 is 0 Å². The molecule has 0 saturated heterocycles. The molecule has 0 aliphatic rings. The molecule has 0 heterocycles. The Morgan fingerprint density at radius 2 is 2.05 bits per heavy atom. The zero-order chi connectivity index (χ0) is 15.8. The number of benzene rings is 1. The third-order valence-corrected chi connectivity index (χ3v) is 3.02. The van der Waals surface area contributed by atoms with Crippen LogP contribution in [0.3, 0.4) is 0 Å². The Morgan fingerprint density at radius 1 is 1.33 bits per heavy atom. The van der Waals surface area contributed by atoms with Gasteiger partial charge in [0.1, 0.15) is 5.82 Å². The fourth-order valence-corrected chi connectivity index (χ4v) is 1.87. The topological polar surface area (TPSA) is 65.3 Å². The van der Waals surface area contributed by atoms with Crippen LogP contribution in [0.1, 0.15) is 37.9 Å². The number of rotatable bonds is 8. The van der Waals surface area contributed by atoms with Crippen molar-refractivity contribution < 1.29 is 14.2 Å². The van der Waals surface area contributed by atoms with Crippen LogP contribution in [0.25, 0.3) is 0 Å². The van der Waals surface area contributed by atoms with Gasteiger partial charge in [-0.25, -0.2) is 4.39 Å². The van der Waals surface area contributed by atoms with Gasteiger partial charge in [0, 0.05) is 24.8 Å². The van der Waals surface area contributed by atoms with E-state index in [1.54, 1.807) is 12.1 Å². The second-order valence-corrected chi connectivity index (χ2v) is 5.56. The molecule has 0 aliphatic heterocycles. The molecule has 0 aliphatic carbocycles. The lowest BCUT2D eigenvalue weighted by atomic mass is 10.1. The van der Waals surface area contributed by atoms with Gasteiger partial charge in [0.2, 0.25) is 0 Å². The first-order valence-electron chi connectivity index (χ1n) is 7.12. The van der Waals surface area contributed by atoms with Crippen molar-refractivity contribution in [2.45, 2.75) is 32.9 Å². The van der Waals surface area contributed by atoms with Gasteiger partial charge in [0.15, 0.2) is 0 Å². The lowest BCUT2D eigenvalue weighted by Gasteiger charge is -2.18. The SMILES string of the molecule is CC(C)COCC(O)CNC(C)c1ccc(C#N)cc1F. The van der Waals surface area contributed by atoms with Gasteiger partial charge >= 0.3 is 0 Å². The van der Waals surface area contributed by atoms with Crippen LogP contribution in [-0.4, -0.2) is 31.0 Å². The van der Waals surface area contributed by atoms with Crippen LogP contribution in [-0.2, 0) is 4.74 Å². The molecule has 0 aromatic heterocycles. The average Bonchev–Trinajstić information content (AvgIpc) is 2.44. The van der Waals surface area contributed by atoms with Gasteiger partial charge < -0.3 is 15.2 Å². The maximum atomic E-state index is 13.8. The van der Waals surface area contributed by atoms with Crippen molar-refractivity contribution in [1.82, 2.24) is 5.32 Å². The third kappa shape index (κ3) is 6.21. The van der Waals surface area contributed by atoms with Crippen LogP contribution >= 0.6 is 0 Å². The summed E-state index contributed by atoms with van der Waals surface area (Å²) in [6.07, 6.45) is -0.632. The van der Waals surface area contributed by atoms with E-state index < -0.39 is 11.9 Å². The zero-order valence-corrected chi connectivity index (χ0v) is 12.8. The van der Waals surface area contributed by atoms with E-state index in [0.29, 0.717) is 30.2 Å². The van der Waals surface area contributed by atoms with E-state index in [2.05, 4.69) is 5.32 Å². The van der Waals surface area contributed by atoms with Crippen molar-refractivity contribution in [3.05, 3.63) is 35.1 Å². The number of aliphatic hydroxyl groups is 1. The summed E-state index contributed by atoms with van der Waals surface area (Å²) in [6, 6.07) is 6.04. The molecular weight excluding hydrogens is 271 g/mol. The van der Waals surface area contributed by atoms with Crippen molar-refractivity contribution in [2.75, 3.05) is 19.8 Å². The van der Waals surface area contributed by atoms with Crippen molar-refractivity contribution in [3.8, 4) is 6.07 Å². The maximum Gasteiger partial charge on any atom is 0.129 e. The molecule has 2 N–H and O–H groups in total. The summed E-state index contributed by atoms with van der Waals surface area (Å²) in [6.45, 7) is 7.08. The van der Waals surface area contributed by atoms with Gasteiger partial charge in [-0.3, -0.25) is 0 Å². The monoisotopic (exact) mass is 294 g/mol. The van der Waals surface area contributed by atoms with Crippen LogP contribution in [0.5, 0.6) is 0 Å². The molecule has 0 bridgehead atoms. The summed E-state index contributed by atoms with van der Waals surface area (Å²) >= 11 is 0. The molecule has 0 radical (unpaired) electrons. The van der Waals surface area contributed by atoms with Gasteiger partial charge in [-0.2, -0.15) is 5.26 Å². The fourth-order valence-electron chi connectivity index (χ4n) is 1.87. The van der Waals surface area contributed by atoms with E-state index in [4.69, 9.17) is 10.00 Å². The van der Waals surface area contributed by atoms with E-state index in [1.807, 2.05) is 26.8 Å². The van der Waals surface area contributed by atoms with Crippen molar-refractivity contribution >= 4 is 0 Å². The zero-order valence-electron chi connectivity index (χ0n) is 12.8. The van der Waals surface area contributed by atoms with Gasteiger partial charge in [-0.05, 0) is 25.0 Å². The standard InChI is InChI=1S/C16H23FN2O2/c1-11(2)9-21-10-14(20)8-19-12(3)15-5-4-13(7-18)6-16(15)17/h4-6,11-12,14,19-20H,8-10H2,1-3H3. The second kappa shape index (κ2) is 8.73. The molecule has 2 atom stereocenters. The van der Waals surface area contributed by atoms with E-state index in [-0.39, 0.29) is 12.6 Å². The van der Waals surface area contributed by atoms with Gasteiger partial charge in [0.05, 0.1) is 24.3 Å². The predicted octanol–water partition coefficient (Wildman–Crippen LogP) is 2.38. The summed E-state index contributed by atoms with van der Waals surface area (Å²) < 4.78 is 19.2. The van der Waals surface area contributed by atoms with Gasteiger partial charge in [-0.1, -0.05) is 19.9 Å². The highest BCUT2D eigenvalue weighted by atomic mass is 19.1. The van der Waals surface area contributed by atoms with Crippen molar-refractivity contribution in [3.63, 3.8) is 0 Å². The Hall–Kier alpha value is -1.48.